The second kappa shape index (κ2) is 5.06. The molecule has 0 spiro atoms. The van der Waals surface area contributed by atoms with Crippen molar-refractivity contribution < 1.29 is 24.4 Å². The molecule has 0 bridgehead atoms. The van der Waals surface area contributed by atoms with Gasteiger partial charge < -0.3 is 14.6 Å². The Labute approximate surface area is 95.8 Å². The van der Waals surface area contributed by atoms with Crippen LogP contribution < -0.4 is 5.11 Å². The van der Waals surface area contributed by atoms with Crippen molar-refractivity contribution in [3.05, 3.63) is 39.4 Å². The fourth-order valence-electron chi connectivity index (χ4n) is 1.17. The Kier molecular flexibility index (Phi) is 3.76. The average Bonchev–Trinajstić information content (AvgIpc) is 2.28. The lowest BCUT2D eigenvalue weighted by molar-refractivity contribution is -0.385. The highest BCUT2D eigenvalue weighted by Crippen LogP contribution is 2.17. The van der Waals surface area contributed by atoms with Gasteiger partial charge in [-0.1, -0.05) is 0 Å². The Morgan fingerprint density at radius 3 is 2.35 bits per heavy atom. The molecule has 0 saturated carbocycles. The first-order valence-corrected chi connectivity index (χ1v) is 4.63. The molecule has 1 rings (SSSR count). The first-order chi connectivity index (χ1) is 7.95. The van der Waals surface area contributed by atoms with Gasteiger partial charge in [-0.15, -0.1) is 0 Å². The van der Waals surface area contributed by atoms with Gasteiger partial charge in [0.15, 0.2) is 0 Å². The van der Waals surface area contributed by atoms with Crippen molar-refractivity contribution in [2.45, 2.75) is 6.92 Å². The topological polar surface area (TPSA) is 110 Å². The predicted molar refractivity (Wildman–Crippen MR) is 53.4 cm³/mol. The number of esters is 1. The van der Waals surface area contributed by atoms with Gasteiger partial charge in [-0.25, -0.2) is 4.79 Å². The summed E-state index contributed by atoms with van der Waals surface area (Å²) >= 11 is 0. The standard InChI is InChI=1S/C10H9NO6/c1-2-17-10(14)7-3-6(9(12)13)4-8(5-7)11(15)16/h3-5H,2H2,1H3,(H,12,13)/p-1. The number of carboxylic acids is 1. The molecule has 0 saturated heterocycles. The smallest absolute Gasteiger partial charge is 0.338 e. The van der Waals surface area contributed by atoms with Crippen LogP contribution in [-0.4, -0.2) is 23.5 Å². The van der Waals surface area contributed by atoms with Crippen LogP contribution in [0.5, 0.6) is 0 Å². The molecular weight excluding hydrogens is 230 g/mol. The van der Waals surface area contributed by atoms with E-state index in [2.05, 4.69) is 4.74 Å². The molecule has 0 aromatic heterocycles. The van der Waals surface area contributed by atoms with E-state index in [1.807, 2.05) is 0 Å². The van der Waals surface area contributed by atoms with Crippen LogP contribution in [0.2, 0.25) is 0 Å². The number of non-ortho nitro benzene ring substituents is 1. The normalized spacial score (nSPS) is 9.71. The van der Waals surface area contributed by atoms with Crippen LogP contribution in [0.3, 0.4) is 0 Å². The van der Waals surface area contributed by atoms with E-state index in [9.17, 15) is 24.8 Å². The quantitative estimate of drug-likeness (QED) is 0.419. The van der Waals surface area contributed by atoms with Gasteiger partial charge in [-0.2, -0.15) is 0 Å². The third-order valence-electron chi connectivity index (χ3n) is 1.88. The van der Waals surface area contributed by atoms with Gasteiger partial charge in [0.05, 0.1) is 23.1 Å². The highest BCUT2D eigenvalue weighted by atomic mass is 16.6. The molecule has 0 aliphatic heterocycles. The molecule has 0 radical (unpaired) electrons. The Balaban J connectivity index is 3.26. The number of ether oxygens (including phenoxy) is 1. The molecule has 90 valence electrons. The molecule has 0 aliphatic carbocycles. The van der Waals surface area contributed by atoms with Gasteiger partial charge in [0.1, 0.15) is 0 Å². The first kappa shape index (κ1) is 12.6. The molecule has 7 nitrogen and oxygen atoms in total. The van der Waals surface area contributed by atoms with Gasteiger partial charge in [0, 0.05) is 17.7 Å². The zero-order valence-electron chi connectivity index (χ0n) is 8.84. The lowest BCUT2D eigenvalue weighted by Crippen LogP contribution is -2.23. The molecule has 7 heteroatoms. The van der Waals surface area contributed by atoms with E-state index in [-0.39, 0.29) is 12.2 Å². The van der Waals surface area contributed by atoms with Crippen LogP contribution >= 0.6 is 0 Å². The van der Waals surface area contributed by atoms with E-state index < -0.39 is 28.1 Å². The summed E-state index contributed by atoms with van der Waals surface area (Å²) in [5.74, 6) is -2.42. The molecule has 1 aromatic carbocycles. The van der Waals surface area contributed by atoms with Crippen molar-refractivity contribution in [2.24, 2.45) is 0 Å². The minimum atomic E-state index is -1.60. The fraction of sp³-hybridized carbons (Fsp3) is 0.200. The summed E-state index contributed by atoms with van der Waals surface area (Å²) in [5.41, 5.74) is -1.14. The number of carbonyl (C=O) groups excluding carboxylic acids is 2. The first-order valence-electron chi connectivity index (χ1n) is 4.63. The lowest BCUT2D eigenvalue weighted by Gasteiger charge is -2.06. The number of rotatable bonds is 4. The van der Waals surface area contributed by atoms with Crippen molar-refractivity contribution in [1.82, 2.24) is 0 Å². The third-order valence-corrected chi connectivity index (χ3v) is 1.88. The van der Waals surface area contributed by atoms with Crippen LogP contribution in [0.25, 0.3) is 0 Å². The summed E-state index contributed by atoms with van der Waals surface area (Å²) in [4.78, 5) is 31.7. The monoisotopic (exact) mass is 238 g/mol. The largest absolute Gasteiger partial charge is 0.545 e. The van der Waals surface area contributed by atoms with Crippen LogP contribution in [0.4, 0.5) is 5.69 Å². The summed E-state index contributed by atoms with van der Waals surface area (Å²) in [5, 5.41) is 21.2. The Morgan fingerprint density at radius 1 is 1.29 bits per heavy atom. The Morgan fingerprint density at radius 2 is 1.88 bits per heavy atom. The van der Waals surface area contributed by atoms with Crippen LogP contribution in [0, 0.1) is 10.1 Å². The van der Waals surface area contributed by atoms with E-state index >= 15 is 0 Å². The highest BCUT2D eigenvalue weighted by molar-refractivity contribution is 5.95. The van der Waals surface area contributed by atoms with Crippen molar-refractivity contribution in [2.75, 3.05) is 6.61 Å². The van der Waals surface area contributed by atoms with E-state index in [0.29, 0.717) is 0 Å². The number of nitro groups is 1. The number of hydrogen-bond donors (Lipinski definition) is 0. The number of carboxylic acid groups (broad SMARTS) is 1. The minimum absolute atomic E-state index is 0.0855. The molecule has 0 fully saturated rings. The van der Waals surface area contributed by atoms with Gasteiger partial charge in [-0.3, -0.25) is 10.1 Å². The number of hydrogen-bond acceptors (Lipinski definition) is 6. The van der Waals surface area contributed by atoms with Gasteiger partial charge in [0.2, 0.25) is 0 Å². The van der Waals surface area contributed by atoms with Gasteiger partial charge in [-0.05, 0) is 13.0 Å². The zero-order chi connectivity index (χ0) is 13.0. The number of nitro benzene ring substituents is 1. The Hall–Kier alpha value is -2.44. The van der Waals surface area contributed by atoms with Crippen LogP contribution in [0.1, 0.15) is 27.6 Å². The van der Waals surface area contributed by atoms with Crippen LogP contribution in [0.15, 0.2) is 18.2 Å². The molecule has 1 aromatic rings. The van der Waals surface area contributed by atoms with Crippen molar-refractivity contribution in [1.29, 1.82) is 0 Å². The summed E-state index contributed by atoms with van der Waals surface area (Å²) in [6.45, 7) is 1.65. The average molecular weight is 238 g/mol. The second-order valence-electron chi connectivity index (χ2n) is 3.03. The number of nitrogens with zero attached hydrogens (tertiary/aromatic N) is 1. The van der Waals surface area contributed by atoms with Gasteiger partial charge in [0.25, 0.3) is 5.69 Å². The van der Waals surface area contributed by atoms with Crippen molar-refractivity contribution in [3.8, 4) is 0 Å². The molecule has 0 N–H and O–H groups in total. The summed E-state index contributed by atoms with van der Waals surface area (Å²) in [6, 6.07) is 2.74. The molecule has 0 heterocycles. The molecule has 0 unspecified atom stereocenters. The number of benzene rings is 1. The molecular formula is C10H8NO6-. The Bertz CT molecular complexity index is 449. The van der Waals surface area contributed by atoms with E-state index in [0.717, 1.165) is 18.2 Å². The fourth-order valence-corrected chi connectivity index (χ4v) is 1.17. The summed E-state index contributed by atoms with van der Waals surface area (Å²) < 4.78 is 4.62. The summed E-state index contributed by atoms with van der Waals surface area (Å²) in [6.07, 6.45) is 0. The number of aromatic carboxylic acids is 1. The summed E-state index contributed by atoms with van der Waals surface area (Å²) in [7, 11) is 0. The van der Waals surface area contributed by atoms with E-state index in [1.54, 1.807) is 6.92 Å². The van der Waals surface area contributed by atoms with Crippen molar-refractivity contribution in [3.63, 3.8) is 0 Å². The van der Waals surface area contributed by atoms with E-state index in [4.69, 9.17) is 0 Å². The second-order valence-corrected chi connectivity index (χ2v) is 3.03. The zero-order valence-corrected chi connectivity index (χ0v) is 8.84. The maximum Gasteiger partial charge on any atom is 0.338 e. The van der Waals surface area contributed by atoms with Crippen molar-refractivity contribution >= 4 is 17.6 Å². The maximum atomic E-state index is 11.3. The molecule has 0 aliphatic rings. The minimum Gasteiger partial charge on any atom is -0.545 e. The molecule has 0 atom stereocenters. The van der Waals surface area contributed by atoms with Gasteiger partial charge >= 0.3 is 5.97 Å². The highest BCUT2D eigenvalue weighted by Gasteiger charge is 2.15. The third kappa shape index (κ3) is 3.00. The number of carbonyl (C=O) groups is 2. The lowest BCUT2D eigenvalue weighted by atomic mass is 10.1. The van der Waals surface area contributed by atoms with Crippen LogP contribution in [-0.2, 0) is 4.74 Å². The maximum absolute atomic E-state index is 11.3. The molecule has 0 amide bonds. The molecule has 17 heavy (non-hydrogen) atoms. The van der Waals surface area contributed by atoms with E-state index in [1.165, 1.54) is 0 Å². The SMILES string of the molecule is CCOC(=O)c1cc(C(=O)[O-])cc([N+](=O)[O-])c1. The predicted octanol–water partition coefficient (Wildman–Crippen LogP) is 0.135.